The molecule has 0 N–H and O–H groups in total. The molecule has 0 aromatic heterocycles. The molecular formula is C14H10FIO2. The number of hydrogen-bond donors (Lipinski definition) is 0. The molecular weight excluding hydrogens is 346 g/mol. The zero-order valence-electron chi connectivity index (χ0n) is 9.61. The average Bonchev–Trinajstić information content (AvgIpc) is 2.39. The zero-order chi connectivity index (χ0) is 13.1. The highest BCUT2D eigenvalue weighted by Crippen LogP contribution is 2.23. The molecule has 0 aliphatic carbocycles. The molecule has 0 heterocycles. The molecule has 2 aromatic carbocycles. The lowest BCUT2D eigenvalue weighted by molar-refractivity contribution is 0.103. The van der Waals surface area contributed by atoms with Crippen molar-refractivity contribution in [3.05, 3.63) is 63.0 Å². The van der Waals surface area contributed by atoms with Gasteiger partial charge in [-0.1, -0.05) is 0 Å². The van der Waals surface area contributed by atoms with Crippen LogP contribution in [0.2, 0.25) is 0 Å². The maximum Gasteiger partial charge on any atom is 0.196 e. The van der Waals surface area contributed by atoms with Crippen molar-refractivity contribution in [3.8, 4) is 5.75 Å². The van der Waals surface area contributed by atoms with E-state index in [1.165, 1.54) is 25.3 Å². The Kier molecular flexibility index (Phi) is 3.96. The minimum atomic E-state index is -0.454. The molecule has 2 aromatic rings. The summed E-state index contributed by atoms with van der Waals surface area (Å²) in [6, 6.07) is 11.0. The Labute approximate surface area is 118 Å². The lowest BCUT2D eigenvalue weighted by Crippen LogP contribution is -2.04. The molecule has 0 fully saturated rings. The molecule has 0 spiro atoms. The molecule has 92 valence electrons. The third kappa shape index (κ3) is 2.69. The molecule has 0 aliphatic heterocycles. The summed E-state index contributed by atoms with van der Waals surface area (Å²) in [6.07, 6.45) is 0. The lowest BCUT2D eigenvalue weighted by Gasteiger charge is -2.07. The van der Waals surface area contributed by atoms with Crippen molar-refractivity contribution >= 4 is 28.4 Å². The molecule has 2 rings (SSSR count). The monoisotopic (exact) mass is 356 g/mol. The molecule has 0 amide bonds. The topological polar surface area (TPSA) is 26.3 Å². The van der Waals surface area contributed by atoms with Crippen molar-refractivity contribution in [1.29, 1.82) is 0 Å². The van der Waals surface area contributed by atoms with Crippen LogP contribution < -0.4 is 4.74 Å². The van der Waals surface area contributed by atoms with Crippen molar-refractivity contribution in [2.24, 2.45) is 0 Å². The van der Waals surface area contributed by atoms with E-state index in [1.807, 2.05) is 12.1 Å². The summed E-state index contributed by atoms with van der Waals surface area (Å²) in [5, 5.41) is 0. The van der Waals surface area contributed by atoms with E-state index in [2.05, 4.69) is 22.6 Å². The number of hydrogen-bond acceptors (Lipinski definition) is 2. The number of rotatable bonds is 3. The average molecular weight is 356 g/mol. The normalized spacial score (nSPS) is 10.2. The molecule has 0 saturated heterocycles. The third-order valence-electron chi connectivity index (χ3n) is 2.51. The second-order valence-electron chi connectivity index (χ2n) is 3.68. The highest BCUT2D eigenvalue weighted by Gasteiger charge is 2.15. The fourth-order valence-corrected chi connectivity index (χ4v) is 1.97. The predicted molar refractivity (Wildman–Crippen MR) is 75.5 cm³/mol. The molecule has 0 bridgehead atoms. The van der Waals surface area contributed by atoms with Crippen LogP contribution in [0.4, 0.5) is 4.39 Å². The molecule has 2 nitrogen and oxygen atoms in total. The second-order valence-corrected chi connectivity index (χ2v) is 4.93. The van der Waals surface area contributed by atoms with Gasteiger partial charge in [-0.15, -0.1) is 0 Å². The van der Waals surface area contributed by atoms with Crippen LogP contribution in [0.1, 0.15) is 15.9 Å². The quantitative estimate of drug-likeness (QED) is 0.620. The van der Waals surface area contributed by atoms with Gasteiger partial charge < -0.3 is 4.74 Å². The standard InChI is InChI=1S/C14H10FIO2/c1-18-13-7-4-10(15)8-12(13)14(17)9-2-5-11(16)6-3-9/h2-8H,1H3. The summed E-state index contributed by atoms with van der Waals surface area (Å²) in [5.74, 6) is -0.327. The number of carbonyl (C=O) groups is 1. The summed E-state index contributed by atoms with van der Waals surface area (Å²) in [5.41, 5.74) is 0.748. The van der Waals surface area contributed by atoms with Gasteiger partial charge in [-0.2, -0.15) is 0 Å². The van der Waals surface area contributed by atoms with Gasteiger partial charge >= 0.3 is 0 Å². The largest absolute Gasteiger partial charge is 0.496 e. The van der Waals surface area contributed by atoms with E-state index in [0.717, 1.165) is 3.57 Å². The van der Waals surface area contributed by atoms with Gasteiger partial charge in [0.05, 0.1) is 12.7 Å². The molecule has 0 unspecified atom stereocenters. The van der Waals surface area contributed by atoms with Crippen LogP contribution in [-0.2, 0) is 0 Å². The smallest absolute Gasteiger partial charge is 0.196 e. The minimum Gasteiger partial charge on any atom is -0.496 e. The minimum absolute atomic E-state index is 0.235. The Bertz CT molecular complexity index is 579. The van der Waals surface area contributed by atoms with Crippen LogP contribution >= 0.6 is 22.6 Å². The maximum absolute atomic E-state index is 13.2. The van der Waals surface area contributed by atoms with Crippen molar-refractivity contribution in [2.75, 3.05) is 7.11 Å². The zero-order valence-corrected chi connectivity index (χ0v) is 11.8. The van der Waals surface area contributed by atoms with E-state index in [1.54, 1.807) is 12.1 Å². The van der Waals surface area contributed by atoms with Crippen LogP contribution in [0, 0.1) is 9.39 Å². The molecule has 18 heavy (non-hydrogen) atoms. The van der Waals surface area contributed by atoms with Crippen molar-refractivity contribution < 1.29 is 13.9 Å². The summed E-state index contributed by atoms with van der Waals surface area (Å²) in [6.45, 7) is 0. The first kappa shape index (κ1) is 13.0. The number of ketones is 1. The summed E-state index contributed by atoms with van der Waals surface area (Å²) >= 11 is 2.16. The van der Waals surface area contributed by atoms with E-state index in [4.69, 9.17) is 4.74 Å². The summed E-state index contributed by atoms with van der Waals surface area (Å²) in [4.78, 5) is 12.2. The van der Waals surface area contributed by atoms with Gasteiger partial charge in [0.1, 0.15) is 11.6 Å². The van der Waals surface area contributed by atoms with E-state index in [9.17, 15) is 9.18 Å². The molecule has 4 heteroatoms. The van der Waals surface area contributed by atoms with Gasteiger partial charge in [0.2, 0.25) is 0 Å². The number of carbonyl (C=O) groups excluding carboxylic acids is 1. The first-order chi connectivity index (χ1) is 8.61. The van der Waals surface area contributed by atoms with Gasteiger partial charge in [-0.25, -0.2) is 4.39 Å². The van der Waals surface area contributed by atoms with E-state index >= 15 is 0 Å². The Morgan fingerprint density at radius 2 is 1.83 bits per heavy atom. The highest BCUT2D eigenvalue weighted by atomic mass is 127. The second kappa shape index (κ2) is 5.48. The first-order valence-electron chi connectivity index (χ1n) is 5.25. The van der Waals surface area contributed by atoms with E-state index < -0.39 is 5.82 Å². The van der Waals surface area contributed by atoms with Gasteiger partial charge in [0.15, 0.2) is 5.78 Å². The number of benzene rings is 2. The molecule has 0 atom stereocenters. The lowest BCUT2D eigenvalue weighted by atomic mass is 10.0. The Morgan fingerprint density at radius 3 is 2.44 bits per heavy atom. The molecule has 0 aliphatic rings. The maximum atomic E-state index is 13.2. The SMILES string of the molecule is COc1ccc(F)cc1C(=O)c1ccc(I)cc1. The fraction of sp³-hybridized carbons (Fsp3) is 0.0714. The van der Waals surface area contributed by atoms with Gasteiger partial charge in [-0.05, 0) is 65.1 Å². The Hall–Kier alpha value is -1.43. The predicted octanol–water partition coefficient (Wildman–Crippen LogP) is 3.67. The molecule has 0 radical (unpaired) electrons. The fourth-order valence-electron chi connectivity index (χ4n) is 1.61. The Morgan fingerprint density at radius 1 is 1.17 bits per heavy atom. The van der Waals surface area contributed by atoms with Crippen molar-refractivity contribution in [1.82, 2.24) is 0 Å². The molecule has 0 saturated carbocycles. The van der Waals surface area contributed by atoms with Crippen molar-refractivity contribution in [2.45, 2.75) is 0 Å². The number of methoxy groups -OCH3 is 1. The van der Waals surface area contributed by atoms with Crippen molar-refractivity contribution in [3.63, 3.8) is 0 Å². The van der Waals surface area contributed by atoms with Gasteiger partial charge in [-0.3, -0.25) is 4.79 Å². The van der Waals surface area contributed by atoms with E-state index in [0.29, 0.717) is 11.3 Å². The number of ether oxygens (including phenoxy) is 1. The van der Waals surface area contributed by atoms with Crippen LogP contribution in [0.5, 0.6) is 5.75 Å². The van der Waals surface area contributed by atoms with Gasteiger partial charge in [0.25, 0.3) is 0 Å². The summed E-state index contributed by atoms with van der Waals surface area (Å²) < 4.78 is 19.3. The first-order valence-corrected chi connectivity index (χ1v) is 6.33. The van der Waals surface area contributed by atoms with Crippen LogP contribution in [0.3, 0.4) is 0 Å². The van der Waals surface area contributed by atoms with Crippen LogP contribution in [0.15, 0.2) is 42.5 Å². The van der Waals surface area contributed by atoms with E-state index in [-0.39, 0.29) is 11.3 Å². The Balaban J connectivity index is 2.45. The third-order valence-corrected chi connectivity index (χ3v) is 3.23. The van der Waals surface area contributed by atoms with Gasteiger partial charge in [0, 0.05) is 9.13 Å². The summed E-state index contributed by atoms with van der Waals surface area (Å²) in [7, 11) is 1.46. The van der Waals surface area contributed by atoms with Crippen LogP contribution in [-0.4, -0.2) is 12.9 Å². The van der Waals surface area contributed by atoms with Crippen LogP contribution in [0.25, 0.3) is 0 Å². The number of halogens is 2. The highest BCUT2D eigenvalue weighted by molar-refractivity contribution is 14.1.